The first-order valence-electron chi connectivity index (χ1n) is 5.77. The summed E-state index contributed by atoms with van der Waals surface area (Å²) in [6, 6.07) is 6.60. The Balaban J connectivity index is 2.17. The Hall–Kier alpha value is -0.840. The number of ether oxygens (including phenoxy) is 1. The highest BCUT2D eigenvalue weighted by Gasteiger charge is 2.20. The zero-order chi connectivity index (χ0) is 11.8. The molecule has 1 N–H and O–H groups in total. The minimum atomic E-state index is 0.0769. The highest BCUT2D eigenvalue weighted by molar-refractivity contribution is 9.10. The van der Waals surface area contributed by atoms with Gasteiger partial charge in [0.1, 0.15) is 0 Å². The molecule has 1 aliphatic rings. The van der Waals surface area contributed by atoms with Crippen molar-refractivity contribution in [2.24, 2.45) is 0 Å². The molecular weight excluding hydrogens is 282 g/mol. The van der Waals surface area contributed by atoms with Gasteiger partial charge < -0.3 is 14.4 Å². The topological polar surface area (TPSA) is 34.4 Å². The third-order valence-electron chi connectivity index (χ3n) is 3.35. The van der Waals surface area contributed by atoms with Gasteiger partial charge in [-0.1, -0.05) is 15.9 Å². The minimum Gasteiger partial charge on any atom is -0.392 e. The van der Waals surface area contributed by atoms with Gasteiger partial charge in [-0.15, -0.1) is 0 Å². The Morgan fingerprint density at radius 2 is 2.35 bits per heavy atom. The molecule has 0 saturated carbocycles. The van der Waals surface area contributed by atoms with Crippen LogP contribution < -0.4 is 0 Å². The first-order chi connectivity index (χ1) is 8.29. The van der Waals surface area contributed by atoms with Gasteiger partial charge in [0.05, 0.1) is 19.3 Å². The van der Waals surface area contributed by atoms with Gasteiger partial charge in [-0.3, -0.25) is 0 Å². The number of hydrogen-bond acceptors (Lipinski definition) is 2. The van der Waals surface area contributed by atoms with E-state index in [9.17, 15) is 5.11 Å². The largest absolute Gasteiger partial charge is 0.392 e. The number of rotatable bonds is 2. The molecule has 1 unspecified atom stereocenters. The van der Waals surface area contributed by atoms with Crippen molar-refractivity contribution in [3.8, 4) is 0 Å². The van der Waals surface area contributed by atoms with Gasteiger partial charge in [-0.25, -0.2) is 0 Å². The summed E-state index contributed by atoms with van der Waals surface area (Å²) in [6.07, 6.45) is 3.10. The predicted octanol–water partition coefficient (Wildman–Crippen LogP) is 2.86. The number of aromatic nitrogens is 1. The standard InChI is InChI=1S/C13H14BrNO2/c14-10-1-2-13-12(5-10)9(7-16)6-15(13)11-3-4-17-8-11/h1-2,5-6,11,16H,3-4,7-8H2. The van der Waals surface area contributed by atoms with Gasteiger partial charge in [0.15, 0.2) is 0 Å². The maximum Gasteiger partial charge on any atom is 0.0702 e. The molecule has 0 aliphatic carbocycles. The van der Waals surface area contributed by atoms with Gasteiger partial charge in [-0.05, 0) is 24.6 Å². The van der Waals surface area contributed by atoms with Gasteiger partial charge in [-0.2, -0.15) is 0 Å². The van der Waals surface area contributed by atoms with E-state index in [4.69, 9.17) is 4.74 Å². The minimum absolute atomic E-state index is 0.0769. The lowest BCUT2D eigenvalue weighted by Gasteiger charge is -2.11. The summed E-state index contributed by atoms with van der Waals surface area (Å²) in [5, 5.41) is 10.5. The van der Waals surface area contributed by atoms with E-state index >= 15 is 0 Å². The fraction of sp³-hybridized carbons (Fsp3) is 0.385. The Labute approximate surface area is 108 Å². The molecule has 0 amide bonds. The number of fused-ring (bicyclic) bond motifs is 1. The number of hydrogen-bond donors (Lipinski definition) is 1. The number of benzene rings is 1. The van der Waals surface area contributed by atoms with Crippen molar-refractivity contribution in [1.29, 1.82) is 0 Å². The zero-order valence-electron chi connectivity index (χ0n) is 9.40. The summed E-state index contributed by atoms with van der Waals surface area (Å²) >= 11 is 3.47. The molecule has 1 atom stereocenters. The molecule has 3 rings (SSSR count). The van der Waals surface area contributed by atoms with Crippen LogP contribution in [0.25, 0.3) is 10.9 Å². The number of halogens is 1. The highest BCUT2D eigenvalue weighted by Crippen LogP contribution is 2.30. The summed E-state index contributed by atoms with van der Waals surface area (Å²) in [5.41, 5.74) is 2.15. The van der Waals surface area contributed by atoms with Crippen molar-refractivity contribution in [3.05, 3.63) is 34.4 Å². The number of aliphatic hydroxyl groups excluding tert-OH is 1. The maximum atomic E-state index is 9.42. The predicted molar refractivity (Wildman–Crippen MR) is 70.0 cm³/mol. The van der Waals surface area contributed by atoms with Crippen LogP contribution in [0.1, 0.15) is 18.0 Å². The van der Waals surface area contributed by atoms with Crippen molar-refractivity contribution < 1.29 is 9.84 Å². The number of nitrogens with zero attached hydrogens (tertiary/aromatic N) is 1. The Morgan fingerprint density at radius 3 is 3.06 bits per heavy atom. The van der Waals surface area contributed by atoms with Crippen LogP contribution in [0.2, 0.25) is 0 Å². The Bertz CT molecular complexity index is 544. The normalized spacial score (nSPS) is 20.2. The van der Waals surface area contributed by atoms with Gasteiger partial charge >= 0.3 is 0 Å². The third-order valence-corrected chi connectivity index (χ3v) is 3.84. The maximum absolute atomic E-state index is 9.42. The van der Waals surface area contributed by atoms with E-state index in [0.29, 0.717) is 6.04 Å². The summed E-state index contributed by atoms with van der Waals surface area (Å²) in [5.74, 6) is 0. The molecule has 2 heterocycles. The van der Waals surface area contributed by atoms with Crippen LogP contribution >= 0.6 is 15.9 Å². The second-order valence-electron chi connectivity index (χ2n) is 4.40. The monoisotopic (exact) mass is 295 g/mol. The van der Waals surface area contributed by atoms with E-state index in [1.807, 2.05) is 6.07 Å². The molecule has 0 spiro atoms. The van der Waals surface area contributed by atoms with E-state index in [-0.39, 0.29) is 6.61 Å². The van der Waals surface area contributed by atoms with Crippen LogP contribution in [0.15, 0.2) is 28.9 Å². The lowest BCUT2D eigenvalue weighted by atomic mass is 10.2. The zero-order valence-corrected chi connectivity index (χ0v) is 11.0. The van der Waals surface area contributed by atoms with E-state index in [0.717, 1.165) is 35.1 Å². The van der Waals surface area contributed by atoms with Crippen LogP contribution in [-0.2, 0) is 11.3 Å². The number of aliphatic hydroxyl groups is 1. The molecule has 1 aliphatic heterocycles. The molecule has 1 aromatic carbocycles. The third kappa shape index (κ3) is 1.90. The molecular formula is C13H14BrNO2. The van der Waals surface area contributed by atoms with Crippen molar-refractivity contribution in [2.45, 2.75) is 19.1 Å². The second kappa shape index (κ2) is 4.44. The van der Waals surface area contributed by atoms with E-state index in [1.165, 1.54) is 5.52 Å². The van der Waals surface area contributed by atoms with Crippen molar-refractivity contribution in [1.82, 2.24) is 4.57 Å². The summed E-state index contributed by atoms with van der Waals surface area (Å²) in [4.78, 5) is 0. The van der Waals surface area contributed by atoms with Gasteiger partial charge in [0.25, 0.3) is 0 Å². The molecule has 1 aromatic heterocycles. The smallest absolute Gasteiger partial charge is 0.0702 e. The fourth-order valence-electron chi connectivity index (χ4n) is 2.47. The van der Waals surface area contributed by atoms with Crippen LogP contribution in [-0.4, -0.2) is 22.9 Å². The molecule has 90 valence electrons. The van der Waals surface area contributed by atoms with Crippen LogP contribution in [0.5, 0.6) is 0 Å². The quantitative estimate of drug-likeness (QED) is 0.924. The lowest BCUT2D eigenvalue weighted by molar-refractivity contribution is 0.187. The molecule has 2 aromatic rings. The van der Waals surface area contributed by atoms with Crippen molar-refractivity contribution in [3.63, 3.8) is 0 Å². The van der Waals surface area contributed by atoms with E-state index in [2.05, 4.69) is 38.8 Å². The first-order valence-corrected chi connectivity index (χ1v) is 6.56. The first kappa shape index (κ1) is 11.3. The SMILES string of the molecule is OCc1cn(C2CCOC2)c2ccc(Br)cc12. The Kier molecular flexibility index (Phi) is 2.94. The van der Waals surface area contributed by atoms with Gasteiger partial charge in [0.2, 0.25) is 0 Å². The van der Waals surface area contributed by atoms with Crippen LogP contribution in [0.3, 0.4) is 0 Å². The molecule has 0 radical (unpaired) electrons. The second-order valence-corrected chi connectivity index (χ2v) is 5.31. The highest BCUT2D eigenvalue weighted by atomic mass is 79.9. The summed E-state index contributed by atoms with van der Waals surface area (Å²) in [6.45, 7) is 1.67. The van der Waals surface area contributed by atoms with Crippen LogP contribution in [0, 0.1) is 0 Å². The molecule has 0 bridgehead atoms. The lowest BCUT2D eigenvalue weighted by Crippen LogP contribution is -2.06. The summed E-state index contributed by atoms with van der Waals surface area (Å²) in [7, 11) is 0. The van der Waals surface area contributed by atoms with Crippen molar-refractivity contribution >= 4 is 26.8 Å². The molecule has 1 saturated heterocycles. The van der Waals surface area contributed by atoms with E-state index < -0.39 is 0 Å². The Morgan fingerprint density at radius 1 is 1.47 bits per heavy atom. The van der Waals surface area contributed by atoms with E-state index in [1.54, 1.807) is 0 Å². The fourth-order valence-corrected chi connectivity index (χ4v) is 2.83. The molecule has 3 nitrogen and oxygen atoms in total. The average molecular weight is 296 g/mol. The van der Waals surface area contributed by atoms with Crippen LogP contribution in [0.4, 0.5) is 0 Å². The molecule has 4 heteroatoms. The molecule has 1 fully saturated rings. The van der Waals surface area contributed by atoms with Gasteiger partial charge in [0, 0.05) is 33.7 Å². The molecule has 17 heavy (non-hydrogen) atoms. The average Bonchev–Trinajstić information content (AvgIpc) is 2.94. The summed E-state index contributed by atoms with van der Waals surface area (Å²) < 4.78 is 8.71. The van der Waals surface area contributed by atoms with Crippen molar-refractivity contribution in [2.75, 3.05) is 13.2 Å².